The maximum Gasteiger partial charge on any atom is 0.259 e. The SMILES string of the molecule is Cc1cccc(NS(=O)O)c1-c1cc(Nc2ccc(C(=O)NC3CCCC[C@@H]3N)cc2)ncn1. The summed E-state index contributed by atoms with van der Waals surface area (Å²) in [5.41, 5.74) is 10.2. The molecule has 0 bridgehead atoms. The summed E-state index contributed by atoms with van der Waals surface area (Å²) in [5.74, 6) is 0.425. The molecule has 178 valence electrons. The summed E-state index contributed by atoms with van der Waals surface area (Å²) in [5, 5.41) is 6.27. The molecule has 10 heteroatoms. The molecule has 4 rings (SSSR count). The number of hydrogen-bond donors (Lipinski definition) is 5. The van der Waals surface area contributed by atoms with Crippen LogP contribution in [0.15, 0.2) is 54.9 Å². The molecule has 1 aliphatic carbocycles. The standard InChI is InChI=1S/C24H28N6O3S/c1-15-5-4-8-20(30-34(32)33)23(15)21-13-22(27-14-26-21)28-17-11-9-16(10-12-17)24(31)29-19-7-3-2-6-18(19)25/h4-5,8-14,18-19,30H,2-3,6-7,25H2,1H3,(H,29,31)(H,32,33)(H,26,27,28)/t18-,19?/m0/s1. The van der Waals surface area contributed by atoms with Gasteiger partial charge in [-0.3, -0.25) is 14.1 Å². The van der Waals surface area contributed by atoms with E-state index in [2.05, 4.69) is 25.3 Å². The number of rotatable bonds is 7. The van der Waals surface area contributed by atoms with Crippen molar-refractivity contribution in [2.75, 3.05) is 10.0 Å². The molecule has 1 fully saturated rings. The van der Waals surface area contributed by atoms with Crippen LogP contribution in [0.2, 0.25) is 0 Å². The zero-order chi connectivity index (χ0) is 24.1. The second kappa shape index (κ2) is 10.7. The smallest absolute Gasteiger partial charge is 0.259 e. The number of carbonyl (C=O) groups excluding carboxylic acids is 1. The summed E-state index contributed by atoms with van der Waals surface area (Å²) in [6.07, 6.45) is 5.47. The van der Waals surface area contributed by atoms with Crippen LogP contribution >= 0.6 is 0 Å². The van der Waals surface area contributed by atoms with Crippen LogP contribution in [0.4, 0.5) is 17.2 Å². The first kappa shape index (κ1) is 23.8. The van der Waals surface area contributed by atoms with Gasteiger partial charge in [0.15, 0.2) is 0 Å². The first-order chi connectivity index (χ1) is 16.4. The molecular formula is C24H28N6O3S. The van der Waals surface area contributed by atoms with E-state index in [-0.39, 0.29) is 18.0 Å². The largest absolute Gasteiger partial charge is 0.348 e. The Labute approximate surface area is 201 Å². The van der Waals surface area contributed by atoms with Gasteiger partial charge in [-0.25, -0.2) is 14.2 Å². The number of carbonyl (C=O) groups is 1. The molecule has 0 aliphatic heterocycles. The van der Waals surface area contributed by atoms with Gasteiger partial charge in [0.25, 0.3) is 17.2 Å². The topological polar surface area (TPSA) is 142 Å². The van der Waals surface area contributed by atoms with Gasteiger partial charge in [-0.15, -0.1) is 0 Å². The Morgan fingerprint density at radius 1 is 1.12 bits per heavy atom. The number of nitrogens with two attached hydrogens (primary N) is 1. The normalized spacial score (nSPS) is 18.7. The van der Waals surface area contributed by atoms with E-state index >= 15 is 0 Å². The molecule has 3 aromatic rings. The maximum atomic E-state index is 12.6. The Hall–Kier alpha value is -3.34. The quantitative estimate of drug-likeness (QED) is 0.324. The Bertz CT molecular complexity index is 1190. The Kier molecular flexibility index (Phi) is 7.51. The average Bonchev–Trinajstić information content (AvgIpc) is 2.81. The third kappa shape index (κ3) is 5.77. The second-order valence-electron chi connectivity index (χ2n) is 8.37. The van der Waals surface area contributed by atoms with Crippen LogP contribution in [0.1, 0.15) is 41.6 Å². The monoisotopic (exact) mass is 480 g/mol. The highest BCUT2D eigenvalue weighted by Crippen LogP contribution is 2.31. The van der Waals surface area contributed by atoms with Crippen LogP contribution < -0.4 is 21.1 Å². The molecule has 2 unspecified atom stereocenters. The van der Waals surface area contributed by atoms with E-state index in [0.717, 1.165) is 36.9 Å². The highest BCUT2D eigenvalue weighted by Gasteiger charge is 2.23. The Balaban J connectivity index is 1.48. The maximum absolute atomic E-state index is 12.6. The highest BCUT2D eigenvalue weighted by atomic mass is 32.2. The predicted molar refractivity (Wildman–Crippen MR) is 134 cm³/mol. The molecule has 2 aromatic carbocycles. The fourth-order valence-corrected chi connectivity index (χ4v) is 4.55. The molecule has 0 spiro atoms. The van der Waals surface area contributed by atoms with Gasteiger partial charge in [0.1, 0.15) is 12.1 Å². The minimum absolute atomic E-state index is 0.00643. The van der Waals surface area contributed by atoms with Crippen molar-refractivity contribution in [1.29, 1.82) is 0 Å². The number of aryl methyl sites for hydroxylation is 1. The van der Waals surface area contributed by atoms with Crippen LogP contribution in [0.3, 0.4) is 0 Å². The summed E-state index contributed by atoms with van der Waals surface area (Å²) < 4.78 is 23.1. The van der Waals surface area contributed by atoms with Crippen molar-refractivity contribution in [3.63, 3.8) is 0 Å². The lowest BCUT2D eigenvalue weighted by Gasteiger charge is -2.29. The van der Waals surface area contributed by atoms with Crippen molar-refractivity contribution in [2.24, 2.45) is 5.73 Å². The summed E-state index contributed by atoms with van der Waals surface area (Å²) in [7, 11) is 0. The second-order valence-corrected chi connectivity index (χ2v) is 9.07. The highest BCUT2D eigenvalue weighted by molar-refractivity contribution is 7.80. The number of hydrogen-bond acceptors (Lipinski definition) is 6. The van der Waals surface area contributed by atoms with Gasteiger partial charge >= 0.3 is 0 Å². The molecule has 1 aliphatic rings. The van der Waals surface area contributed by atoms with Crippen molar-refractivity contribution in [1.82, 2.24) is 15.3 Å². The third-order valence-corrected chi connectivity index (χ3v) is 6.34. The van der Waals surface area contributed by atoms with Gasteiger partial charge < -0.3 is 16.4 Å². The number of amides is 1. The summed E-state index contributed by atoms with van der Waals surface area (Å²) in [4.78, 5) is 21.2. The van der Waals surface area contributed by atoms with Gasteiger partial charge in [0.05, 0.1) is 11.4 Å². The van der Waals surface area contributed by atoms with E-state index in [0.29, 0.717) is 28.3 Å². The lowest BCUT2D eigenvalue weighted by Crippen LogP contribution is -2.49. The zero-order valence-corrected chi connectivity index (χ0v) is 19.6. The molecule has 9 nitrogen and oxygen atoms in total. The average molecular weight is 481 g/mol. The fraction of sp³-hybridized carbons (Fsp3) is 0.292. The molecule has 1 heterocycles. The zero-order valence-electron chi connectivity index (χ0n) is 18.8. The van der Waals surface area contributed by atoms with E-state index in [1.807, 2.05) is 25.1 Å². The summed E-state index contributed by atoms with van der Waals surface area (Å²) >= 11 is -2.21. The molecule has 1 aromatic heterocycles. The number of aromatic nitrogens is 2. The van der Waals surface area contributed by atoms with Crippen molar-refractivity contribution in [3.05, 3.63) is 66.0 Å². The van der Waals surface area contributed by atoms with E-state index in [9.17, 15) is 13.6 Å². The van der Waals surface area contributed by atoms with Crippen molar-refractivity contribution in [2.45, 2.75) is 44.7 Å². The molecule has 0 saturated heterocycles. The van der Waals surface area contributed by atoms with Crippen LogP contribution in [0.5, 0.6) is 0 Å². The van der Waals surface area contributed by atoms with Gasteiger partial charge in [0, 0.05) is 35.0 Å². The summed E-state index contributed by atoms with van der Waals surface area (Å²) in [6.45, 7) is 1.90. The Morgan fingerprint density at radius 3 is 2.62 bits per heavy atom. The van der Waals surface area contributed by atoms with Crippen molar-refractivity contribution >= 4 is 34.4 Å². The fourth-order valence-electron chi connectivity index (χ4n) is 4.19. The number of nitrogens with zero attached hydrogens (tertiary/aromatic N) is 2. The van der Waals surface area contributed by atoms with Gasteiger partial charge in [-0.1, -0.05) is 25.0 Å². The molecule has 6 N–H and O–H groups in total. The minimum Gasteiger partial charge on any atom is -0.348 e. The molecular weight excluding hydrogens is 452 g/mol. The summed E-state index contributed by atoms with van der Waals surface area (Å²) in [6, 6.07) is 14.3. The first-order valence-electron chi connectivity index (χ1n) is 11.1. The van der Waals surface area contributed by atoms with Crippen LogP contribution in [0.25, 0.3) is 11.3 Å². The van der Waals surface area contributed by atoms with E-state index in [1.165, 1.54) is 6.33 Å². The number of nitrogens with one attached hydrogen (secondary N) is 3. The van der Waals surface area contributed by atoms with E-state index in [4.69, 9.17) is 5.73 Å². The molecule has 3 atom stereocenters. The molecule has 0 radical (unpaired) electrons. The molecule has 1 saturated carbocycles. The number of benzene rings is 2. The lowest BCUT2D eigenvalue weighted by atomic mass is 9.91. The Morgan fingerprint density at radius 2 is 1.88 bits per heavy atom. The van der Waals surface area contributed by atoms with Gasteiger partial charge in [-0.2, -0.15) is 0 Å². The molecule has 1 amide bonds. The third-order valence-electron chi connectivity index (χ3n) is 5.95. The molecule has 34 heavy (non-hydrogen) atoms. The van der Waals surface area contributed by atoms with Gasteiger partial charge in [0.2, 0.25) is 0 Å². The van der Waals surface area contributed by atoms with E-state index < -0.39 is 11.3 Å². The predicted octanol–water partition coefficient (Wildman–Crippen LogP) is 3.74. The lowest BCUT2D eigenvalue weighted by molar-refractivity contribution is 0.0921. The van der Waals surface area contributed by atoms with Crippen molar-refractivity contribution in [3.8, 4) is 11.3 Å². The van der Waals surface area contributed by atoms with Crippen LogP contribution in [-0.2, 0) is 11.3 Å². The van der Waals surface area contributed by atoms with Crippen LogP contribution in [0, 0.1) is 6.92 Å². The first-order valence-corrected chi connectivity index (χ1v) is 12.2. The van der Waals surface area contributed by atoms with E-state index in [1.54, 1.807) is 30.3 Å². The minimum atomic E-state index is -2.21. The van der Waals surface area contributed by atoms with Gasteiger partial charge in [-0.05, 0) is 55.7 Å². The van der Waals surface area contributed by atoms with Crippen molar-refractivity contribution < 1.29 is 13.6 Å². The number of anilines is 3. The van der Waals surface area contributed by atoms with Crippen LogP contribution in [-0.4, -0.2) is 36.7 Å².